The van der Waals surface area contributed by atoms with Crippen LogP contribution in [0.3, 0.4) is 0 Å². The lowest BCUT2D eigenvalue weighted by Crippen LogP contribution is -2.12. The molecule has 0 aliphatic carbocycles. The summed E-state index contributed by atoms with van der Waals surface area (Å²) in [4.78, 5) is 0. The minimum Gasteiger partial charge on any atom is -0.487 e. The molecule has 0 spiro atoms. The van der Waals surface area contributed by atoms with E-state index in [0.29, 0.717) is 6.54 Å². The summed E-state index contributed by atoms with van der Waals surface area (Å²) in [7, 11) is 0. The fraction of sp³-hybridized carbons (Fsp3) is 0.143. The molecule has 0 radical (unpaired) electrons. The maximum atomic E-state index is 13.4. The monoisotopic (exact) mass is 283 g/mol. The van der Waals surface area contributed by atoms with Crippen molar-refractivity contribution < 1.29 is 13.5 Å². The Morgan fingerprint density at radius 2 is 1.79 bits per heavy atom. The van der Waals surface area contributed by atoms with Gasteiger partial charge in [0.2, 0.25) is 0 Å². The highest BCUT2D eigenvalue weighted by Gasteiger charge is 2.07. The van der Waals surface area contributed by atoms with E-state index >= 15 is 0 Å². The van der Waals surface area contributed by atoms with Gasteiger partial charge in [-0.15, -0.1) is 0 Å². The second-order valence-corrected chi connectivity index (χ2v) is 4.24. The maximum absolute atomic E-state index is 13.4. The van der Waals surface area contributed by atoms with Crippen molar-refractivity contribution >= 4 is 17.3 Å². The summed E-state index contributed by atoms with van der Waals surface area (Å²) < 4.78 is 31.3. The predicted octanol–water partition coefficient (Wildman–Crippen LogP) is 4.11. The van der Waals surface area contributed by atoms with E-state index in [1.165, 1.54) is 24.3 Å². The molecule has 0 atom stereocenters. The second-order valence-electron chi connectivity index (χ2n) is 3.83. The Hall–Kier alpha value is -1.81. The van der Waals surface area contributed by atoms with Crippen LogP contribution in [0.25, 0.3) is 0 Å². The van der Waals surface area contributed by atoms with Crippen molar-refractivity contribution in [1.82, 2.24) is 0 Å². The van der Waals surface area contributed by atoms with Gasteiger partial charge in [-0.05, 0) is 36.4 Å². The Morgan fingerprint density at radius 3 is 2.47 bits per heavy atom. The predicted molar refractivity (Wildman–Crippen MR) is 71.8 cm³/mol. The van der Waals surface area contributed by atoms with Gasteiger partial charge in [0, 0.05) is 12.2 Å². The Bertz CT molecular complexity index is 525. The number of halogens is 3. The molecule has 2 aromatic rings. The fourth-order valence-electron chi connectivity index (χ4n) is 1.54. The van der Waals surface area contributed by atoms with Crippen LogP contribution >= 0.6 is 11.6 Å². The normalized spacial score (nSPS) is 10.3. The molecule has 0 aliphatic heterocycles. The van der Waals surface area contributed by atoms with Gasteiger partial charge in [-0.2, -0.15) is 0 Å². The van der Waals surface area contributed by atoms with Crippen LogP contribution < -0.4 is 10.1 Å². The summed E-state index contributed by atoms with van der Waals surface area (Å²) in [6.07, 6.45) is 0. The smallest absolute Gasteiger partial charge is 0.173 e. The number of ether oxygens (including phenoxy) is 1. The van der Waals surface area contributed by atoms with Crippen molar-refractivity contribution in [2.24, 2.45) is 0 Å². The van der Waals surface area contributed by atoms with Gasteiger partial charge in [0.25, 0.3) is 0 Å². The first-order valence-corrected chi connectivity index (χ1v) is 6.11. The Kier molecular flexibility index (Phi) is 4.58. The second kappa shape index (κ2) is 6.38. The molecule has 2 aromatic carbocycles. The topological polar surface area (TPSA) is 21.3 Å². The lowest BCUT2D eigenvalue weighted by molar-refractivity contribution is 0.315. The minimum atomic E-state index is -0.491. The van der Waals surface area contributed by atoms with Gasteiger partial charge in [0.05, 0.1) is 5.02 Å². The number of hydrogen-bond donors (Lipinski definition) is 1. The largest absolute Gasteiger partial charge is 0.487 e. The summed E-state index contributed by atoms with van der Waals surface area (Å²) >= 11 is 5.82. The molecule has 0 amide bonds. The maximum Gasteiger partial charge on any atom is 0.173 e. The third kappa shape index (κ3) is 3.83. The summed E-state index contributed by atoms with van der Waals surface area (Å²) in [5, 5.41) is 3.26. The molecule has 0 bridgehead atoms. The van der Waals surface area contributed by atoms with Crippen LogP contribution in [0.4, 0.5) is 14.5 Å². The van der Waals surface area contributed by atoms with Gasteiger partial charge in [0.15, 0.2) is 11.6 Å². The molecular weight excluding hydrogens is 272 g/mol. The highest BCUT2D eigenvalue weighted by atomic mass is 35.5. The van der Waals surface area contributed by atoms with Crippen LogP contribution in [-0.2, 0) is 0 Å². The molecule has 0 heterocycles. The minimum absolute atomic E-state index is 0.0464. The average molecular weight is 284 g/mol. The summed E-state index contributed by atoms with van der Waals surface area (Å²) in [5.74, 6) is -0.737. The number of anilines is 1. The molecule has 2 nitrogen and oxygen atoms in total. The molecule has 5 heteroatoms. The van der Waals surface area contributed by atoms with Crippen molar-refractivity contribution in [3.8, 4) is 5.75 Å². The zero-order valence-corrected chi connectivity index (χ0v) is 10.8. The van der Waals surface area contributed by atoms with Gasteiger partial charge in [-0.1, -0.05) is 17.7 Å². The van der Waals surface area contributed by atoms with E-state index in [2.05, 4.69) is 5.32 Å². The quantitative estimate of drug-likeness (QED) is 0.834. The molecular formula is C14H12ClF2NO. The van der Waals surface area contributed by atoms with Crippen molar-refractivity contribution in [2.75, 3.05) is 18.5 Å². The van der Waals surface area contributed by atoms with Crippen molar-refractivity contribution in [3.05, 3.63) is 59.1 Å². The van der Waals surface area contributed by atoms with Crippen LogP contribution in [0.2, 0.25) is 5.02 Å². The van der Waals surface area contributed by atoms with Crippen LogP contribution in [0.15, 0.2) is 42.5 Å². The molecule has 0 fully saturated rings. The van der Waals surface area contributed by atoms with E-state index < -0.39 is 5.82 Å². The van der Waals surface area contributed by atoms with Crippen molar-refractivity contribution in [1.29, 1.82) is 0 Å². The van der Waals surface area contributed by atoms with Gasteiger partial charge >= 0.3 is 0 Å². The van der Waals surface area contributed by atoms with E-state index in [9.17, 15) is 8.78 Å². The first-order valence-electron chi connectivity index (χ1n) is 5.73. The number of hydrogen-bond acceptors (Lipinski definition) is 2. The lowest BCUT2D eigenvalue weighted by atomic mass is 10.3. The number of benzene rings is 2. The molecule has 19 heavy (non-hydrogen) atoms. The fourth-order valence-corrected chi connectivity index (χ4v) is 1.75. The molecule has 0 saturated carbocycles. The van der Waals surface area contributed by atoms with Crippen LogP contribution in [0.1, 0.15) is 0 Å². The van der Waals surface area contributed by atoms with Crippen molar-refractivity contribution in [2.45, 2.75) is 0 Å². The Morgan fingerprint density at radius 1 is 1.05 bits per heavy atom. The van der Waals surface area contributed by atoms with E-state index in [-0.39, 0.29) is 23.2 Å². The van der Waals surface area contributed by atoms with E-state index in [0.717, 1.165) is 5.69 Å². The molecule has 0 aromatic heterocycles. The number of rotatable bonds is 5. The Balaban J connectivity index is 1.82. The third-order valence-corrected chi connectivity index (χ3v) is 2.74. The lowest BCUT2D eigenvalue weighted by Gasteiger charge is -2.10. The highest BCUT2D eigenvalue weighted by Crippen LogP contribution is 2.26. The van der Waals surface area contributed by atoms with E-state index in [1.54, 1.807) is 18.2 Å². The SMILES string of the molecule is Fc1ccc(NCCOc2c(F)cccc2Cl)cc1. The summed E-state index contributed by atoms with van der Waals surface area (Å²) in [5.41, 5.74) is 0.768. The molecule has 0 aliphatic rings. The van der Waals surface area contributed by atoms with Gasteiger partial charge in [-0.3, -0.25) is 0 Å². The first-order chi connectivity index (χ1) is 9.16. The average Bonchev–Trinajstić information content (AvgIpc) is 2.39. The van der Waals surface area contributed by atoms with Gasteiger partial charge in [-0.25, -0.2) is 8.78 Å². The highest BCUT2D eigenvalue weighted by molar-refractivity contribution is 6.32. The van der Waals surface area contributed by atoms with Crippen LogP contribution in [0, 0.1) is 11.6 Å². The van der Waals surface area contributed by atoms with E-state index in [4.69, 9.17) is 16.3 Å². The zero-order chi connectivity index (χ0) is 13.7. The van der Waals surface area contributed by atoms with E-state index in [1.807, 2.05) is 0 Å². The number of nitrogens with one attached hydrogen (secondary N) is 1. The van der Waals surface area contributed by atoms with Crippen LogP contribution in [0.5, 0.6) is 5.75 Å². The third-order valence-electron chi connectivity index (χ3n) is 2.44. The first kappa shape index (κ1) is 13.6. The molecule has 0 saturated heterocycles. The molecule has 1 N–H and O–H groups in total. The molecule has 0 unspecified atom stereocenters. The number of para-hydroxylation sites is 1. The van der Waals surface area contributed by atoms with Gasteiger partial charge < -0.3 is 10.1 Å². The summed E-state index contributed by atoms with van der Waals surface area (Å²) in [6.45, 7) is 0.703. The summed E-state index contributed by atoms with van der Waals surface area (Å²) in [6, 6.07) is 10.3. The standard InChI is InChI=1S/C14H12ClF2NO/c15-12-2-1-3-13(17)14(12)19-9-8-18-11-6-4-10(16)5-7-11/h1-7,18H,8-9H2. The van der Waals surface area contributed by atoms with Crippen LogP contribution in [-0.4, -0.2) is 13.2 Å². The Labute approximate surface area is 115 Å². The molecule has 100 valence electrons. The zero-order valence-electron chi connectivity index (χ0n) is 10.00. The van der Waals surface area contributed by atoms with Gasteiger partial charge in [0.1, 0.15) is 12.4 Å². The van der Waals surface area contributed by atoms with Crippen molar-refractivity contribution in [3.63, 3.8) is 0 Å². The molecule has 2 rings (SSSR count).